The van der Waals surface area contributed by atoms with Crippen molar-refractivity contribution in [2.45, 2.75) is 0 Å². The number of para-hydroxylation sites is 1. The first-order chi connectivity index (χ1) is 10.3. The third kappa shape index (κ3) is 3.48. The van der Waals surface area contributed by atoms with Crippen molar-refractivity contribution in [3.8, 4) is 11.5 Å². The number of nitrogen functional groups attached to an aromatic ring is 1. The summed E-state index contributed by atoms with van der Waals surface area (Å²) in [6.45, 7) is 0. The van der Waals surface area contributed by atoms with E-state index in [4.69, 9.17) is 10.5 Å². The highest BCUT2D eigenvalue weighted by Gasteiger charge is 2.00. The summed E-state index contributed by atoms with van der Waals surface area (Å²) in [6.07, 6.45) is 0. The number of aromatic nitrogens is 2. The average molecular weight is 278 g/mol. The van der Waals surface area contributed by atoms with E-state index in [1.165, 1.54) is 0 Å². The van der Waals surface area contributed by atoms with Crippen LogP contribution in [0.3, 0.4) is 0 Å². The quantitative estimate of drug-likeness (QED) is 0.763. The second-order valence-electron chi connectivity index (χ2n) is 4.41. The van der Waals surface area contributed by atoms with Crippen molar-refractivity contribution in [3.05, 3.63) is 66.7 Å². The average Bonchev–Trinajstić information content (AvgIpc) is 2.51. The number of rotatable bonds is 4. The van der Waals surface area contributed by atoms with E-state index in [0.29, 0.717) is 11.6 Å². The van der Waals surface area contributed by atoms with Crippen molar-refractivity contribution in [2.75, 3.05) is 11.1 Å². The van der Waals surface area contributed by atoms with Gasteiger partial charge in [0.2, 0.25) is 0 Å². The molecule has 0 unspecified atom stereocenters. The standard InChI is InChI=1S/C16H14N4O/c17-15-9-10-16(20-19-15)18-12-5-4-8-14(11-12)21-13-6-2-1-3-7-13/h1-11H,(H2,17,19)(H,18,20). The zero-order chi connectivity index (χ0) is 14.5. The van der Waals surface area contributed by atoms with Gasteiger partial charge in [0.1, 0.15) is 17.3 Å². The molecule has 21 heavy (non-hydrogen) atoms. The largest absolute Gasteiger partial charge is 0.457 e. The molecule has 0 fully saturated rings. The molecule has 104 valence electrons. The highest BCUT2D eigenvalue weighted by molar-refractivity contribution is 5.58. The summed E-state index contributed by atoms with van der Waals surface area (Å²) in [7, 11) is 0. The van der Waals surface area contributed by atoms with Gasteiger partial charge in [0.05, 0.1) is 0 Å². The smallest absolute Gasteiger partial charge is 0.153 e. The van der Waals surface area contributed by atoms with E-state index in [1.54, 1.807) is 12.1 Å². The molecule has 2 aromatic carbocycles. The van der Waals surface area contributed by atoms with E-state index in [9.17, 15) is 0 Å². The molecule has 0 aliphatic heterocycles. The van der Waals surface area contributed by atoms with Crippen molar-refractivity contribution in [3.63, 3.8) is 0 Å². The van der Waals surface area contributed by atoms with Gasteiger partial charge in [-0.1, -0.05) is 24.3 Å². The van der Waals surface area contributed by atoms with E-state index in [2.05, 4.69) is 15.5 Å². The molecule has 0 atom stereocenters. The SMILES string of the molecule is Nc1ccc(Nc2cccc(Oc3ccccc3)c2)nn1. The molecule has 5 nitrogen and oxygen atoms in total. The van der Waals surface area contributed by atoms with Crippen LogP contribution in [0.1, 0.15) is 0 Å². The molecular weight excluding hydrogens is 264 g/mol. The minimum Gasteiger partial charge on any atom is -0.457 e. The van der Waals surface area contributed by atoms with Gasteiger partial charge in [0, 0.05) is 11.8 Å². The number of ether oxygens (including phenoxy) is 1. The van der Waals surface area contributed by atoms with Crippen molar-refractivity contribution >= 4 is 17.3 Å². The van der Waals surface area contributed by atoms with Gasteiger partial charge < -0.3 is 15.8 Å². The zero-order valence-corrected chi connectivity index (χ0v) is 11.2. The molecule has 0 bridgehead atoms. The lowest BCUT2D eigenvalue weighted by Gasteiger charge is -2.09. The van der Waals surface area contributed by atoms with Crippen LogP contribution in [0.5, 0.6) is 11.5 Å². The third-order valence-corrected chi connectivity index (χ3v) is 2.77. The number of hydrogen-bond acceptors (Lipinski definition) is 5. The van der Waals surface area contributed by atoms with Crippen molar-refractivity contribution in [2.24, 2.45) is 0 Å². The lowest BCUT2D eigenvalue weighted by Crippen LogP contribution is -1.98. The summed E-state index contributed by atoms with van der Waals surface area (Å²) in [6, 6.07) is 20.7. The van der Waals surface area contributed by atoms with Crippen LogP contribution in [0.4, 0.5) is 17.3 Å². The van der Waals surface area contributed by atoms with Gasteiger partial charge in [-0.25, -0.2) is 0 Å². The Bertz CT molecular complexity index is 714. The molecule has 0 saturated carbocycles. The zero-order valence-electron chi connectivity index (χ0n) is 11.2. The molecule has 0 saturated heterocycles. The number of anilines is 3. The van der Waals surface area contributed by atoms with E-state index in [0.717, 1.165) is 17.2 Å². The fourth-order valence-electron chi connectivity index (χ4n) is 1.82. The van der Waals surface area contributed by atoms with Gasteiger partial charge in [-0.3, -0.25) is 0 Å². The molecule has 3 N–H and O–H groups in total. The Kier molecular flexibility index (Phi) is 3.64. The topological polar surface area (TPSA) is 73.1 Å². The van der Waals surface area contributed by atoms with Crippen LogP contribution in [0, 0.1) is 0 Å². The highest BCUT2D eigenvalue weighted by Crippen LogP contribution is 2.25. The fourth-order valence-corrected chi connectivity index (χ4v) is 1.82. The number of nitrogens with zero attached hydrogens (tertiary/aromatic N) is 2. The normalized spacial score (nSPS) is 10.1. The molecule has 3 rings (SSSR count). The van der Waals surface area contributed by atoms with Crippen molar-refractivity contribution in [1.82, 2.24) is 10.2 Å². The molecule has 5 heteroatoms. The summed E-state index contributed by atoms with van der Waals surface area (Å²) in [4.78, 5) is 0. The van der Waals surface area contributed by atoms with Crippen LogP contribution >= 0.6 is 0 Å². The van der Waals surface area contributed by atoms with Crippen molar-refractivity contribution in [1.29, 1.82) is 0 Å². The summed E-state index contributed by atoms with van der Waals surface area (Å²) in [5, 5.41) is 10.9. The van der Waals surface area contributed by atoms with Crippen molar-refractivity contribution < 1.29 is 4.74 Å². The first-order valence-corrected chi connectivity index (χ1v) is 6.49. The maximum atomic E-state index is 5.78. The lowest BCUT2D eigenvalue weighted by atomic mass is 10.3. The molecule has 0 aliphatic carbocycles. The first-order valence-electron chi connectivity index (χ1n) is 6.49. The molecule has 0 radical (unpaired) electrons. The maximum Gasteiger partial charge on any atom is 0.153 e. The summed E-state index contributed by atoms with van der Waals surface area (Å²) < 4.78 is 5.78. The van der Waals surface area contributed by atoms with Gasteiger partial charge in [-0.15, -0.1) is 10.2 Å². The van der Waals surface area contributed by atoms with Crippen LogP contribution in [0.2, 0.25) is 0 Å². The fraction of sp³-hybridized carbons (Fsp3) is 0. The van der Waals surface area contributed by atoms with E-state index in [1.807, 2.05) is 54.6 Å². The lowest BCUT2D eigenvalue weighted by molar-refractivity contribution is 0.483. The van der Waals surface area contributed by atoms with Gasteiger partial charge in [0.15, 0.2) is 5.82 Å². The molecule has 0 spiro atoms. The third-order valence-electron chi connectivity index (χ3n) is 2.77. The Morgan fingerprint density at radius 1 is 0.810 bits per heavy atom. The van der Waals surface area contributed by atoms with Gasteiger partial charge in [-0.05, 0) is 36.4 Å². The van der Waals surface area contributed by atoms with Crippen LogP contribution in [-0.2, 0) is 0 Å². The molecule has 3 aromatic rings. The predicted octanol–water partition coefficient (Wildman–Crippen LogP) is 3.59. The predicted molar refractivity (Wildman–Crippen MR) is 82.7 cm³/mol. The minimum atomic E-state index is 0.390. The summed E-state index contributed by atoms with van der Waals surface area (Å²) in [5.41, 5.74) is 6.37. The van der Waals surface area contributed by atoms with E-state index in [-0.39, 0.29) is 0 Å². The Morgan fingerprint density at radius 2 is 1.62 bits per heavy atom. The molecule has 0 amide bonds. The number of nitrogens with two attached hydrogens (primary N) is 1. The number of benzene rings is 2. The Labute approximate surface area is 122 Å². The molecule has 1 heterocycles. The summed E-state index contributed by atoms with van der Waals surface area (Å²) in [5.74, 6) is 2.55. The Morgan fingerprint density at radius 3 is 2.38 bits per heavy atom. The van der Waals surface area contributed by atoms with Crippen LogP contribution in [-0.4, -0.2) is 10.2 Å². The second-order valence-corrected chi connectivity index (χ2v) is 4.41. The monoisotopic (exact) mass is 278 g/mol. The first kappa shape index (κ1) is 12.9. The highest BCUT2D eigenvalue weighted by atomic mass is 16.5. The number of nitrogens with one attached hydrogen (secondary N) is 1. The minimum absolute atomic E-state index is 0.390. The maximum absolute atomic E-state index is 5.78. The second kappa shape index (κ2) is 5.92. The van der Waals surface area contributed by atoms with Crippen LogP contribution in [0.15, 0.2) is 66.7 Å². The van der Waals surface area contributed by atoms with E-state index < -0.39 is 0 Å². The Hall–Kier alpha value is -3.08. The van der Waals surface area contributed by atoms with Gasteiger partial charge >= 0.3 is 0 Å². The van der Waals surface area contributed by atoms with E-state index >= 15 is 0 Å². The molecule has 0 aliphatic rings. The molecular formula is C16H14N4O. The van der Waals surface area contributed by atoms with Gasteiger partial charge in [-0.2, -0.15) is 0 Å². The number of hydrogen-bond donors (Lipinski definition) is 2. The van der Waals surface area contributed by atoms with Crippen LogP contribution < -0.4 is 15.8 Å². The summed E-state index contributed by atoms with van der Waals surface area (Å²) >= 11 is 0. The Balaban J connectivity index is 1.75. The van der Waals surface area contributed by atoms with Gasteiger partial charge in [0.25, 0.3) is 0 Å². The molecule has 1 aromatic heterocycles. The van der Waals surface area contributed by atoms with Crippen LogP contribution in [0.25, 0.3) is 0 Å².